The Kier molecular flexibility index (Phi) is 4.52. The van der Waals surface area contributed by atoms with E-state index in [1.807, 2.05) is 0 Å². The number of alkyl halides is 1. The van der Waals surface area contributed by atoms with Gasteiger partial charge in [-0.05, 0) is 36.2 Å². The van der Waals surface area contributed by atoms with Crippen molar-refractivity contribution in [2.45, 2.75) is 12.3 Å². The molecule has 0 amide bonds. The molecule has 0 fully saturated rings. The Hall–Kier alpha value is -2.02. The molecule has 4 nitrogen and oxygen atoms in total. The summed E-state index contributed by atoms with van der Waals surface area (Å²) in [6.07, 6.45) is 0. The average molecular weight is 358 g/mol. The van der Waals surface area contributed by atoms with Gasteiger partial charge in [0, 0.05) is 17.5 Å². The number of nitro groups is 1. The first-order valence-electron chi connectivity index (χ1n) is 5.89. The van der Waals surface area contributed by atoms with Crippen molar-refractivity contribution >= 4 is 21.6 Å². The van der Waals surface area contributed by atoms with Crippen LogP contribution in [0.5, 0.6) is 11.5 Å². The zero-order chi connectivity index (χ0) is 15.6. The SMILES string of the molecule is Cc1cc([N+](=O)[O-])ccc1Oc1c(F)cc(CBr)cc1F. The molecule has 21 heavy (non-hydrogen) atoms. The van der Waals surface area contributed by atoms with Crippen LogP contribution in [0.1, 0.15) is 11.1 Å². The van der Waals surface area contributed by atoms with Gasteiger partial charge >= 0.3 is 0 Å². The van der Waals surface area contributed by atoms with Gasteiger partial charge < -0.3 is 4.74 Å². The molecule has 0 spiro atoms. The molecule has 0 atom stereocenters. The molecule has 0 aliphatic heterocycles. The summed E-state index contributed by atoms with van der Waals surface area (Å²) in [5, 5.41) is 11.0. The Morgan fingerprint density at radius 2 is 1.86 bits per heavy atom. The van der Waals surface area contributed by atoms with E-state index in [1.165, 1.54) is 18.2 Å². The largest absolute Gasteiger partial charge is 0.451 e. The Balaban J connectivity index is 2.37. The van der Waals surface area contributed by atoms with E-state index in [4.69, 9.17) is 4.74 Å². The molecule has 0 aromatic heterocycles. The predicted molar refractivity (Wildman–Crippen MR) is 76.9 cm³/mol. The number of ether oxygens (including phenoxy) is 1. The molecule has 0 unspecified atom stereocenters. The van der Waals surface area contributed by atoms with Gasteiger partial charge in [0.2, 0.25) is 0 Å². The highest BCUT2D eigenvalue weighted by Gasteiger charge is 2.16. The summed E-state index contributed by atoms with van der Waals surface area (Å²) in [5.41, 5.74) is 0.737. The fraction of sp³-hybridized carbons (Fsp3) is 0.143. The van der Waals surface area contributed by atoms with E-state index in [1.54, 1.807) is 6.92 Å². The summed E-state index contributed by atoms with van der Waals surface area (Å²) < 4.78 is 32.9. The monoisotopic (exact) mass is 357 g/mol. The van der Waals surface area contributed by atoms with Crippen LogP contribution < -0.4 is 4.74 Å². The van der Waals surface area contributed by atoms with E-state index < -0.39 is 22.3 Å². The molecular formula is C14H10BrF2NO3. The normalized spacial score (nSPS) is 10.5. The maximum Gasteiger partial charge on any atom is 0.269 e. The van der Waals surface area contributed by atoms with Crippen molar-refractivity contribution in [3.05, 3.63) is 63.2 Å². The summed E-state index contributed by atoms with van der Waals surface area (Å²) in [6, 6.07) is 6.12. The topological polar surface area (TPSA) is 52.4 Å². The third kappa shape index (κ3) is 3.36. The molecule has 0 radical (unpaired) electrons. The first kappa shape index (κ1) is 15.4. The molecule has 7 heteroatoms. The van der Waals surface area contributed by atoms with Gasteiger partial charge in [0.05, 0.1) is 4.92 Å². The fourth-order valence-corrected chi connectivity index (χ4v) is 2.08. The van der Waals surface area contributed by atoms with E-state index in [2.05, 4.69) is 15.9 Å². The van der Waals surface area contributed by atoms with Gasteiger partial charge in [0.15, 0.2) is 17.4 Å². The Labute approximate surface area is 127 Å². The summed E-state index contributed by atoms with van der Waals surface area (Å²) in [7, 11) is 0. The highest BCUT2D eigenvalue weighted by molar-refractivity contribution is 9.08. The van der Waals surface area contributed by atoms with Crippen LogP contribution >= 0.6 is 15.9 Å². The van der Waals surface area contributed by atoms with Crippen molar-refractivity contribution in [2.24, 2.45) is 0 Å². The highest BCUT2D eigenvalue weighted by atomic mass is 79.9. The lowest BCUT2D eigenvalue weighted by molar-refractivity contribution is -0.384. The molecule has 0 bridgehead atoms. The number of hydrogen-bond acceptors (Lipinski definition) is 3. The second-order valence-electron chi connectivity index (χ2n) is 4.33. The Morgan fingerprint density at radius 3 is 2.33 bits per heavy atom. The van der Waals surface area contributed by atoms with Gasteiger partial charge in [-0.3, -0.25) is 10.1 Å². The van der Waals surface area contributed by atoms with Crippen molar-refractivity contribution in [1.29, 1.82) is 0 Å². The van der Waals surface area contributed by atoms with Gasteiger partial charge in [-0.15, -0.1) is 0 Å². The number of aryl methyl sites for hydroxylation is 1. The molecule has 2 aromatic rings. The van der Waals surface area contributed by atoms with Crippen LogP contribution in [0.4, 0.5) is 14.5 Å². The molecule has 0 saturated heterocycles. The van der Waals surface area contributed by atoms with Crippen LogP contribution in [-0.2, 0) is 5.33 Å². The minimum absolute atomic E-state index is 0.115. The van der Waals surface area contributed by atoms with Gasteiger partial charge in [0.25, 0.3) is 5.69 Å². The fourth-order valence-electron chi connectivity index (χ4n) is 1.76. The molecule has 0 aliphatic carbocycles. The molecule has 2 aromatic carbocycles. The summed E-state index contributed by atoms with van der Waals surface area (Å²) in [5.74, 6) is -2.04. The molecule has 0 N–H and O–H groups in total. The Bertz CT molecular complexity index is 684. The lowest BCUT2D eigenvalue weighted by Crippen LogP contribution is -1.97. The van der Waals surface area contributed by atoms with Crippen LogP contribution in [-0.4, -0.2) is 4.92 Å². The Morgan fingerprint density at radius 1 is 1.24 bits per heavy atom. The maximum absolute atomic E-state index is 13.8. The van der Waals surface area contributed by atoms with E-state index in [-0.39, 0.29) is 11.4 Å². The van der Waals surface area contributed by atoms with Crippen molar-refractivity contribution in [3.8, 4) is 11.5 Å². The summed E-state index contributed by atoms with van der Waals surface area (Å²) in [4.78, 5) is 10.1. The van der Waals surface area contributed by atoms with E-state index in [0.717, 1.165) is 12.1 Å². The second-order valence-corrected chi connectivity index (χ2v) is 4.89. The zero-order valence-corrected chi connectivity index (χ0v) is 12.5. The predicted octanol–water partition coefficient (Wildman–Crippen LogP) is 4.87. The van der Waals surface area contributed by atoms with Crippen molar-refractivity contribution in [1.82, 2.24) is 0 Å². The molecule has 110 valence electrons. The van der Waals surface area contributed by atoms with Crippen LogP contribution in [0.15, 0.2) is 30.3 Å². The van der Waals surface area contributed by atoms with Crippen LogP contribution in [0, 0.1) is 28.7 Å². The molecule has 0 saturated carbocycles. The highest BCUT2D eigenvalue weighted by Crippen LogP contribution is 2.32. The van der Waals surface area contributed by atoms with Gasteiger partial charge in [-0.2, -0.15) is 0 Å². The van der Waals surface area contributed by atoms with Crippen LogP contribution in [0.25, 0.3) is 0 Å². The van der Waals surface area contributed by atoms with Crippen LogP contribution in [0.2, 0.25) is 0 Å². The first-order valence-corrected chi connectivity index (χ1v) is 7.01. The number of hydrogen-bond donors (Lipinski definition) is 0. The van der Waals surface area contributed by atoms with E-state index in [0.29, 0.717) is 16.5 Å². The summed E-state index contributed by atoms with van der Waals surface area (Å²) in [6.45, 7) is 1.56. The lowest BCUT2D eigenvalue weighted by Gasteiger charge is -2.11. The van der Waals surface area contributed by atoms with Gasteiger partial charge in [-0.1, -0.05) is 15.9 Å². The van der Waals surface area contributed by atoms with Gasteiger partial charge in [-0.25, -0.2) is 8.78 Å². The lowest BCUT2D eigenvalue weighted by atomic mass is 10.2. The van der Waals surface area contributed by atoms with Gasteiger partial charge in [0.1, 0.15) is 5.75 Å². The zero-order valence-electron chi connectivity index (χ0n) is 10.9. The number of non-ortho nitro benzene ring substituents is 1. The minimum atomic E-state index is -0.831. The number of rotatable bonds is 4. The van der Waals surface area contributed by atoms with Crippen LogP contribution in [0.3, 0.4) is 0 Å². The number of benzene rings is 2. The smallest absolute Gasteiger partial charge is 0.269 e. The molecule has 0 aliphatic rings. The molecule has 0 heterocycles. The minimum Gasteiger partial charge on any atom is -0.451 e. The van der Waals surface area contributed by atoms with Crippen molar-refractivity contribution < 1.29 is 18.4 Å². The number of nitro benzene ring substituents is 1. The summed E-state index contributed by atoms with van der Waals surface area (Å²) >= 11 is 3.11. The number of nitrogens with zero attached hydrogens (tertiary/aromatic N) is 1. The third-order valence-corrected chi connectivity index (χ3v) is 3.44. The van der Waals surface area contributed by atoms with Crippen molar-refractivity contribution in [2.75, 3.05) is 0 Å². The van der Waals surface area contributed by atoms with Crippen molar-refractivity contribution in [3.63, 3.8) is 0 Å². The standard InChI is InChI=1S/C14H10BrF2NO3/c1-8-4-10(18(19)20)2-3-13(8)21-14-11(16)5-9(7-15)6-12(14)17/h2-6H,7H2,1H3. The maximum atomic E-state index is 13.8. The first-order chi connectivity index (χ1) is 9.92. The third-order valence-electron chi connectivity index (χ3n) is 2.79. The molecule has 2 rings (SSSR count). The molecular weight excluding hydrogens is 348 g/mol. The quantitative estimate of drug-likeness (QED) is 0.445. The van der Waals surface area contributed by atoms with E-state index >= 15 is 0 Å². The van der Waals surface area contributed by atoms with E-state index in [9.17, 15) is 18.9 Å². The second kappa shape index (κ2) is 6.17. The number of halogens is 3. The average Bonchev–Trinajstić information content (AvgIpc) is 2.43.